The van der Waals surface area contributed by atoms with Crippen molar-refractivity contribution in [2.75, 3.05) is 31.7 Å². The van der Waals surface area contributed by atoms with Gasteiger partial charge in [0, 0.05) is 18.8 Å². The van der Waals surface area contributed by atoms with Crippen LogP contribution in [0.25, 0.3) is 0 Å². The van der Waals surface area contributed by atoms with E-state index in [-0.39, 0.29) is 0 Å². The Kier molecular flexibility index (Phi) is 8.09. The fourth-order valence-electron chi connectivity index (χ4n) is 1.39. The molecule has 0 amide bonds. The maximum Gasteiger partial charge on any atom is 0.0897 e. The molecular formula is C13H21NO2S. The second-order valence-electron chi connectivity index (χ2n) is 3.85. The van der Waals surface area contributed by atoms with Gasteiger partial charge in [-0.15, -0.1) is 0 Å². The lowest BCUT2D eigenvalue weighted by molar-refractivity contribution is 0.0291. The summed E-state index contributed by atoms with van der Waals surface area (Å²) < 4.78 is 5.44. The van der Waals surface area contributed by atoms with Gasteiger partial charge >= 0.3 is 0 Å². The average molecular weight is 255 g/mol. The molecule has 0 spiro atoms. The molecule has 1 unspecified atom stereocenters. The highest BCUT2D eigenvalue weighted by Gasteiger charge is 2.03. The third kappa shape index (κ3) is 7.39. The highest BCUT2D eigenvalue weighted by atomic mass is 32.2. The van der Waals surface area contributed by atoms with E-state index in [1.807, 2.05) is 30.3 Å². The van der Waals surface area contributed by atoms with Crippen LogP contribution in [0.15, 0.2) is 30.3 Å². The van der Waals surface area contributed by atoms with E-state index in [0.717, 1.165) is 17.9 Å². The Labute approximate surface area is 108 Å². The molecule has 1 aromatic rings. The summed E-state index contributed by atoms with van der Waals surface area (Å²) in [5, 5.41) is 12.8. The normalized spacial score (nSPS) is 12.6. The predicted octanol–water partition coefficient (Wildman–Crippen LogP) is 1.52. The van der Waals surface area contributed by atoms with Crippen molar-refractivity contribution in [2.24, 2.45) is 0 Å². The monoisotopic (exact) mass is 255 g/mol. The molecule has 96 valence electrons. The first-order chi connectivity index (χ1) is 8.33. The number of thioether (sulfide) groups is 1. The zero-order valence-corrected chi connectivity index (χ0v) is 11.1. The third-order valence-corrected chi connectivity index (χ3v) is 2.90. The van der Waals surface area contributed by atoms with Gasteiger partial charge in [-0.05, 0) is 11.8 Å². The Morgan fingerprint density at radius 2 is 2.12 bits per heavy atom. The number of benzene rings is 1. The summed E-state index contributed by atoms with van der Waals surface area (Å²) in [6, 6.07) is 9.98. The van der Waals surface area contributed by atoms with Crippen molar-refractivity contribution in [3.05, 3.63) is 35.9 Å². The molecule has 0 radical (unpaired) electrons. The maximum atomic E-state index is 9.63. The zero-order valence-electron chi connectivity index (χ0n) is 10.3. The second-order valence-corrected chi connectivity index (χ2v) is 4.84. The molecule has 1 aromatic carbocycles. The summed E-state index contributed by atoms with van der Waals surface area (Å²) in [4.78, 5) is 0. The summed E-state index contributed by atoms with van der Waals surface area (Å²) in [7, 11) is 0. The molecule has 0 aliphatic carbocycles. The van der Waals surface area contributed by atoms with Gasteiger partial charge in [-0.1, -0.05) is 30.3 Å². The second kappa shape index (κ2) is 9.48. The highest BCUT2D eigenvalue weighted by Crippen LogP contribution is 2.00. The highest BCUT2D eigenvalue weighted by molar-refractivity contribution is 7.98. The summed E-state index contributed by atoms with van der Waals surface area (Å²) in [5.41, 5.74) is 1.13. The van der Waals surface area contributed by atoms with Crippen molar-refractivity contribution in [3.8, 4) is 0 Å². The number of hydrogen-bond acceptors (Lipinski definition) is 4. The summed E-state index contributed by atoms with van der Waals surface area (Å²) in [5.74, 6) is 1.07. The minimum absolute atomic E-state index is 0.376. The van der Waals surface area contributed by atoms with Crippen LogP contribution in [0.4, 0.5) is 0 Å². The van der Waals surface area contributed by atoms with Gasteiger partial charge in [0.2, 0.25) is 0 Å². The molecule has 0 heterocycles. The van der Waals surface area contributed by atoms with Gasteiger partial charge in [0.1, 0.15) is 0 Å². The standard InChI is InChI=1S/C13H21NO2S/c1-17-8-7-14-9-13(15)11-16-10-12-5-3-2-4-6-12/h2-6,13-15H,7-11H2,1H3. The van der Waals surface area contributed by atoms with Gasteiger partial charge < -0.3 is 15.2 Å². The molecule has 0 aliphatic heterocycles. The van der Waals surface area contributed by atoms with Crippen molar-refractivity contribution in [3.63, 3.8) is 0 Å². The molecule has 2 N–H and O–H groups in total. The first-order valence-corrected chi connectivity index (χ1v) is 7.21. The van der Waals surface area contributed by atoms with Crippen LogP contribution in [-0.2, 0) is 11.3 Å². The van der Waals surface area contributed by atoms with Gasteiger partial charge in [0.25, 0.3) is 0 Å². The largest absolute Gasteiger partial charge is 0.389 e. The van der Waals surface area contributed by atoms with Gasteiger partial charge in [-0.3, -0.25) is 0 Å². The Balaban J connectivity index is 2.02. The predicted molar refractivity (Wildman–Crippen MR) is 73.4 cm³/mol. The van der Waals surface area contributed by atoms with E-state index in [1.54, 1.807) is 11.8 Å². The van der Waals surface area contributed by atoms with Crippen LogP contribution in [0.5, 0.6) is 0 Å². The van der Waals surface area contributed by atoms with Crippen LogP contribution < -0.4 is 5.32 Å². The Hall–Kier alpha value is -0.550. The van der Waals surface area contributed by atoms with Crippen molar-refractivity contribution in [2.45, 2.75) is 12.7 Å². The third-order valence-electron chi connectivity index (χ3n) is 2.28. The molecule has 3 nitrogen and oxygen atoms in total. The molecular weight excluding hydrogens is 234 g/mol. The number of ether oxygens (including phenoxy) is 1. The first-order valence-electron chi connectivity index (χ1n) is 5.82. The lowest BCUT2D eigenvalue weighted by Gasteiger charge is -2.12. The number of hydrogen-bond donors (Lipinski definition) is 2. The van der Waals surface area contributed by atoms with E-state index in [4.69, 9.17) is 4.74 Å². The lowest BCUT2D eigenvalue weighted by Crippen LogP contribution is -2.31. The van der Waals surface area contributed by atoms with Crippen molar-refractivity contribution < 1.29 is 9.84 Å². The van der Waals surface area contributed by atoms with E-state index in [9.17, 15) is 5.11 Å². The fraction of sp³-hybridized carbons (Fsp3) is 0.538. The van der Waals surface area contributed by atoms with Gasteiger partial charge in [0.15, 0.2) is 0 Å². The van der Waals surface area contributed by atoms with Gasteiger partial charge in [-0.25, -0.2) is 0 Å². The van der Waals surface area contributed by atoms with E-state index in [1.165, 1.54) is 0 Å². The van der Waals surface area contributed by atoms with E-state index in [2.05, 4.69) is 11.6 Å². The van der Waals surface area contributed by atoms with Crippen molar-refractivity contribution in [1.29, 1.82) is 0 Å². The van der Waals surface area contributed by atoms with Crippen LogP contribution >= 0.6 is 11.8 Å². The minimum Gasteiger partial charge on any atom is -0.389 e. The number of nitrogens with one attached hydrogen (secondary N) is 1. The van der Waals surface area contributed by atoms with E-state index >= 15 is 0 Å². The molecule has 0 aromatic heterocycles. The number of aliphatic hydroxyl groups is 1. The van der Waals surface area contributed by atoms with E-state index < -0.39 is 6.10 Å². The molecule has 17 heavy (non-hydrogen) atoms. The van der Waals surface area contributed by atoms with Crippen LogP contribution in [0.2, 0.25) is 0 Å². The van der Waals surface area contributed by atoms with Crippen LogP contribution in [0, 0.1) is 0 Å². The van der Waals surface area contributed by atoms with Crippen molar-refractivity contribution >= 4 is 11.8 Å². The summed E-state index contributed by atoms with van der Waals surface area (Å²) in [6.45, 7) is 2.45. The fourth-order valence-corrected chi connectivity index (χ4v) is 1.74. The van der Waals surface area contributed by atoms with Gasteiger partial charge in [-0.2, -0.15) is 11.8 Å². The van der Waals surface area contributed by atoms with Crippen LogP contribution in [-0.4, -0.2) is 42.9 Å². The van der Waals surface area contributed by atoms with Gasteiger partial charge in [0.05, 0.1) is 19.3 Å². The maximum absolute atomic E-state index is 9.63. The molecule has 0 fully saturated rings. The van der Waals surface area contributed by atoms with Crippen LogP contribution in [0.1, 0.15) is 5.56 Å². The topological polar surface area (TPSA) is 41.5 Å². The molecule has 0 bridgehead atoms. The number of aliphatic hydroxyl groups excluding tert-OH is 1. The SMILES string of the molecule is CSCCNCC(O)COCc1ccccc1. The molecule has 0 aliphatic rings. The zero-order chi connectivity index (χ0) is 12.3. The average Bonchev–Trinajstić information content (AvgIpc) is 2.36. The molecule has 0 saturated carbocycles. The Bertz CT molecular complexity index is 282. The first kappa shape index (κ1) is 14.5. The summed E-state index contributed by atoms with van der Waals surface area (Å²) >= 11 is 1.79. The summed E-state index contributed by atoms with van der Waals surface area (Å²) in [6.07, 6.45) is 1.64. The molecule has 1 atom stereocenters. The van der Waals surface area contributed by atoms with E-state index in [0.29, 0.717) is 19.8 Å². The minimum atomic E-state index is -0.430. The lowest BCUT2D eigenvalue weighted by atomic mass is 10.2. The number of rotatable bonds is 9. The molecule has 1 rings (SSSR count). The Morgan fingerprint density at radius 3 is 2.82 bits per heavy atom. The molecule has 0 saturated heterocycles. The smallest absolute Gasteiger partial charge is 0.0897 e. The molecule has 4 heteroatoms. The Morgan fingerprint density at radius 1 is 1.35 bits per heavy atom. The van der Waals surface area contributed by atoms with Crippen LogP contribution in [0.3, 0.4) is 0 Å². The quantitative estimate of drug-likeness (QED) is 0.657. The van der Waals surface area contributed by atoms with Crippen molar-refractivity contribution in [1.82, 2.24) is 5.32 Å².